The molecule has 0 atom stereocenters. The van der Waals surface area contributed by atoms with Crippen molar-refractivity contribution in [3.8, 4) is 6.07 Å². The van der Waals surface area contributed by atoms with Gasteiger partial charge in [0.25, 0.3) is 5.91 Å². The molecule has 2 aromatic rings. The predicted molar refractivity (Wildman–Crippen MR) is 103 cm³/mol. The van der Waals surface area contributed by atoms with Gasteiger partial charge in [0, 0.05) is 49.1 Å². The van der Waals surface area contributed by atoms with Gasteiger partial charge in [-0.25, -0.2) is 4.98 Å². The molecule has 0 bridgehead atoms. The minimum absolute atomic E-state index is 0.0396. The molecular weight excluding hydrogens is 344 g/mol. The number of thiazole rings is 1. The van der Waals surface area contributed by atoms with Gasteiger partial charge in [0.2, 0.25) is 0 Å². The number of hydrogen-bond acceptors (Lipinski definition) is 5. The van der Waals surface area contributed by atoms with Crippen LogP contribution in [-0.4, -0.2) is 46.9 Å². The first kappa shape index (κ1) is 18.6. The average molecular weight is 369 g/mol. The van der Waals surface area contributed by atoms with E-state index in [4.69, 9.17) is 10.2 Å². The van der Waals surface area contributed by atoms with Crippen LogP contribution in [0.15, 0.2) is 29.6 Å². The smallest absolute Gasteiger partial charge is 0.253 e. The first-order chi connectivity index (χ1) is 12.4. The average Bonchev–Trinajstić information content (AvgIpc) is 3.11. The fourth-order valence-electron chi connectivity index (χ4n) is 2.93. The highest BCUT2D eigenvalue weighted by Gasteiger charge is 2.23. The summed E-state index contributed by atoms with van der Waals surface area (Å²) in [5, 5.41) is 12.2. The molecule has 1 aliphatic heterocycles. The summed E-state index contributed by atoms with van der Waals surface area (Å²) in [6.07, 6.45) is 0. The number of carbonyl (C=O) groups excluding carboxylic acids is 1. The minimum atomic E-state index is 0.0396. The molecular formula is C20H24N4OS. The SMILES string of the molecule is CC(C)(C)c1nc(CN2CCN(C(=O)c3ccc(C#N)cc3)CC2)cs1. The van der Waals surface area contributed by atoms with Crippen molar-refractivity contribution >= 4 is 17.2 Å². The molecule has 1 fully saturated rings. The quantitative estimate of drug-likeness (QED) is 0.834. The van der Waals surface area contributed by atoms with E-state index < -0.39 is 0 Å². The zero-order valence-electron chi connectivity index (χ0n) is 15.5. The lowest BCUT2D eigenvalue weighted by Crippen LogP contribution is -2.48. The van der Waals surface area contributed by atoms with Crippen molar-refractivity contribution < 1.29 is 4.79 Å². The summed E-state index contributed by atoms with van der Waals surface area (Å²) in [5.41, 5.74) is 2.43. The Labute approximate surface area is 158 Å². The number of nitriles is 1. The monoisotopic (exact) mass is 368 g/mol. The molecule has 1 amide bonds. The van der Waals surface area contributed by atoms with Crippen LogP contribution in [0.4, 0.5) is 0 Å². The van der Waals surface area contributed by atoms with Crippen molar-refractivity contribution in [2.45, 2.75) is 32.7 Å². The Hall–Kier alpha value is -2.23. The van der Waals surface area contributed by atoms with Gasteiger partial charge in [-0.1, -0.05) is 20.8 Å². The number of nitrogens with zero attached hydrogens (tertiary/aromatic N) is 4. The Morgan fingerprint density at radius 3 is 2.38 bits per heavy atom. The summed E-state index contributed by atoms with van der Waals surface area (Å²) < 4.78 is 0. The molecule has 0 N–H and O–H groups in total. The van der Waals surface area contributed by atoms with Crippen molar-refractivity contribution in [3.63, 3.8) is 0 Å². The highest BCUT2D eigenvalue weighted by atomic mass is 32.1. The highest BCUT2D eigenvalue weighted by Crippen LogP contribution is 2.26. The number of carbonyl (C=O) groups is 1. The van der Waals surface area contributed by atoms with E-state index in [1.165, 1.54) is 5.01 Å². The van der Waals surface area contributed by atoms with Crippen molar-refractivity contribution in [3.05, 3.63) is 51.5 Å². The standard InChI is InChI=1S/C20H24N4OS/c1-20(2,3)19-22-17(14-26-19)13-23-8-10-24(11-9-23)18(25)16-6-4-15(12-21)5-7-16/h4-7,14H,8-11,13H2,1-3H3. The lowest BCUT2D eigenvalue weighted by atomic mass is 9.98. The van der Waals surface area contributed by atoms with Crippen LogP contribution in [0.3, 0.4) is 0 Å². The first-order valence-corrected chi connectivity index (χ1v) is 9.71. The Morgan fingerprint density at radius 2 is 1.85 bits per heavy atom. The molecule has 0 spiro atoms. The summed E-state index contributed by atoms with van der Waals surface area (Å²) in [4.78, 5) is 21.6. The number of piperazine rings is 1. The van der Waals surface area contributed by atoms with Gasteiger partial charge in [0.1, 0.15) is 0 Å². The van der Waals surface area contributed by atoms with Gasteiger partial charge in [-0.15, -0.1) is 11.3 Å². The molecule has 1 saturated heterocycles. The van der Waals surface area contributed by atoms with Gasteiger partial charge in [0.15, 0.2) is 0 Å². The number of amides is 1. The number of aromatic nitrogens is 1. The zero-order chi connectivity index (χ0) is 18.7. The van der Waals surface area contributed by atoms with Crippen LogP contribution in [-0.2, 0) is 12.0 Å². The number of benzene rings is 1. The van der Waals surface area contributed by atoms with E-state index in [9.17, 15) is 4.79 Å². The fourth-order valence-corrected chi connectivity index (χ4v) is 3.83. The second kappa shape index (κ2) is 7.56. The lowest BCUT2D eigenvalue weighted by Gasteiger charge is -2.34. The van der Waals surface area contributed by atoms with Crippen LogP contribution < -0.4 is 0 Å². The summed E-state index contributed by atoms with van der Waals surface area (Å²) in [7, 11) is 0. The lowest BCUT2D eigenvalue weighted by molar-refractivity contribution is 0.0627. The van der Waals surface area contributed by atoms with Crippen molar-refractivity contribution in [1.82, 2.24) is 14.8 Å². The normalized spacial score (nSPS) is 15.7. The summed E-state index contributed by atoms with van der Waals surface area (Å²) in [6.45, 7) is 10.5. The second-order valence-electron chi connectivity index (χ2n) is 7.65. The second-order valence-corrected chi connectivity index (χ2v) is 8.51. The minimum Gasteiger partial charge on any atom is -0.336 e. The maximum absolute atomic E-state index is 12.6. The maximum Gasteiger partial charge on any atom is 0.253 e. The molecule has 26 heavy (non-hydrogen) atoms. The van der Waals surface area contributed by atoms with Crippen LogP contribution in [0.25, 0.3) is 0 Å². The number of rotatable bonds is 3. The third-order valence-electron chi connectivity index (χ3n) is 4.50. The van der Waals surface area contributed by atoms with Crippen molar-refractivity contribution in [1.29, 1.82) is 5.26 Å². The van der Waals surface area contributed by atoms with Gasteiger partial charge in [-0.05, 0) is 24.3 Å². The fraction of sp³-hybridized carbons (Fsp3) is 0.450. The van der Waals surface area contributed by atoms with Crippen molar-refractivity contribution in [2.75, 3.05) is 26.2 Å². The molecule has 136 valence electrons. The predicted octanol–water partition coefficient (Wildman–Crippen LogP) is 3.27. The third kappa shape index (κ3) is 4.29. The Bertz CT molecular complexity index is 806. The topological polar surface area (TPSA) is 60.2 Å². The van der Waals surface area contributed by atoms with Crippen LogP contribution in [0.2, 0.25) is 0 Å². The summed E-state index contributed by atoms with van der Waals surface area (Å²) in [5.74, 6) is 0.0396. The van der Waals surface area contributed by atoms with Crippen LogP contribution in [0.1, 0.15) is 47.4 Å². The van der Waals surface area contributed by atoms with E-state index in [1.54, 1.807) is 35.6 Å². The van der Waals surface area contributed by atoms with E-state index >= 15 is 0 Å². The van der Waals surface area contributed by atoms with E-state index in [-0.39, 0.29) is 11.3 Å². The van der Waals surface area contributed by atoms with E-state index in [1.807, 2.05) is 4.90 Å². The van der Waals surface area contributed by atoms with Gasteiger partial charge >= 0.3 is 0 Å². The molecule has 1 aromatic carbocycles. The molecule has 6 heteroatoms. The molecule has 5 nitrogen and oxygen atoms in total. The van der Waals surface area contributed by atoms with Crippen molar-refractivity contribution in [2.24, 2.45) is 0 Å². The summed E-state index contributed by atoms with van der Waals surface area (Å²) in [6, 6.07) is 8.93. The number of hydrogen-bond donors (Lipinski definition) is 0. The van der Waals surface area contributed by atoms with Crippen LogP contribution in [0, 0.1) is 11.3 Å². The van der Waals surface area contributed by atoms with E-state index in [0.717, 1.165) is 38.4 Å². The molecule has 2 heterocycles. The van der Waals surface area contributed by atoms with Crippen LogP contribution in [0.5, 0.6) is 0 Å². The molecule has 0 unspecified atom stereocenters. The maximum atomic E-state index is 12.6. The Balaban J connectivity index is 1.54. The largest absolute Gasteiger partial charge is 0.336 e. The Kier molecular flexibility index (Phi) is 5.40. The zero-order valence-corrected chi connectivity index (χ0v) is 16.3. The van der Waals surface area contributed by atoms with Gasteiger partial charge in [-0.2, -0.15) is 5.26 Å². The van der Waals surface area contributed by atoms with Crippen LogP contribution >= 0.6 is 11.3 Å². The van der Waals surface area contributed by atoms with E-state index in [2.05, 4.69) is 37.1 Å². The summed E-state index contributed by atoms with van der Waals surface area (Å²) >= 11 is 1.73. The third-order valence-corrected chi connectivity index (χ3v) is 5.82. The molecule has 1 aromatic heterocycles. The molecule has 1 aliphatic rings. The molecule has 0 saturated carbocycles. The van der Waals surface area contributed by atoms with Gasteiger partial charge < -0.3 is 4.90 Å². The molecule has 3 rings (SSSR count). The van der Waals surface area contributed by atoms with Gasteiger partial charge in [-0.3, -0.25) is 9.69 Å². The van der Waals surface area contributed by atoms with E-state index in [0.29, 0.717) is 11.1 Å². The first-order valence-electron chi connectivity index (χ1n) is 8.83. The van der Waals surface area contributed by atoms with Gasteiger partial charge in [0.05, 0.1) is 22.3 Å². The Morgan fingerprint density at radius 1 is 1.19 bits per heavy atom. The molecule has 0 aliphatic carbocycles. The highest BCUT2D eigenvalue weighted by molar-refractivity contribution is 7.09. The molecule has 0 radical (unpaired) electrons.